The number of allylic oxidation sites excluding steroid dienone is 10. The van der Waals surface area contributed by atoms with E-state index in [4.69, 9.17) is 39.9 Å². The molecule has 12 atom stereocenters. The molecule has 4 bridgehead atoms. The summed E-state index contributed by atoms with van der Waals surface area (Å²) in [7, 11) is 5.72. The summed E-state index contributed by atoms with van der Waals surface area (Å²) in [5, 5.41) is 28.5. The number of rotatable bonds is 11. The number of ketones is 4. The Hall–Kier alpha value is -6.68. The average Bonchev–Trinajstić information content (AvgIpc) is 3.40. The largest absolute Gasteiger partial charge is 0.439 e. The molecule has 2 aliphatic heterocycles. The third kappa shape index (κ3) is 17.9. The molecular formula is C60H82N4O16. The molecule has 4 aliphatic rings. The van der Waals surface area contributed by atoms with E-state index in [1.54, 1.807) is 52.0 Å². The summed E-state index contributed by atoms with van der Waals surface area (Å²) < 4.78 is 33.8. The Morgan fingerprint density at radius 3 is 1.24 bits per heavy atom. The number of aliphatic hydroxyl groups is 2. The fourth-order valence-electron chi connectivity index (χ4n) is 10.4. The average molecular weight is 1120 g/mol. The van der Waals surface area contributed by atoms with Crippen LogP contribution in [0.2, 0.25) is 0 Å². The maximum Gasteiger partial charge on any atom is 0.405 e. The molecule has 0 fully saturated rings. The highest BCUT2D eigenvalue weighted by Crippen LogP contribution is 2.34. The van der Waals surface area contributed by atoms with Crippen LogP contribution in [0.25, 0.3) is 0 Å². The minimum atomic E-state index is -1.08. The smallest absolute Gasteiger partial charge is 0.405 e. The number of Topliss-reactive ketones (excluding diaryl/α,β-unsaturated/α-hetero) is 2. The van der Waals surface area contributed by atoms with Gasteiger partial charge in [0.15, 0.2) is 23.8 Å². The number of ether oxygens (including phenoxy) is 6. The Morgan fingerprint density at radius 2 is 0.925 bits per heavy atom. The van der Waals surface area contributed by atoms with Crippen LogP contribution in [0.5, 0.6) is 0 Å². The Morgan fingerprint density at radius 1 is 0.575 bits per heavy atom. The fraction of sp³-hybridized carbons (Fsp3) is 0.533. The summed E-state index contributed by atoms with van der Waals surface area (Å²) in [6, 6.07) is 0. The Bertz CT molecular complexity index is 2500. The van der Waals surface area contributed by atoms with E-state index >= 15 is 0 Å². The quantitative estimate of drug-likeness (QED) is 0.0764. The number of nitrogens with one attached hydrogen (secondary N) is 2. The first-order valence-electron chi connectivity index (χ1n) is 26.9. The molecule has 0 aromatic heterocycles. The van der Waals surface area contributed by atoms with Crippen molar-refractivity contribution in [2.75, 3.05) is 28.4 Å². The summed E-state index contributed by atoms with van der Waals surface area (Å²) in [5.41, 5.74) is 12.6. The second-order valence-corrected chi connectivity index (χ2v) is 21.3. The van der Waals surface area contributed by atoms with Crippen molar-refractivity contribution in [3.63, 3.8) is 0 Å². The lowest BCUT2D eigenvalue weighted by Gasteiger charge is -2.30. The number of hydrogen-bond acceptors (Lipinski definition) is 16. The van der Waals surface area contributed by atoms with Crippen molar-refractivity contribution in [1.82, 2.24) is 10.6 Å². The second kappa shape index (κ2) is 30.8. The van der Waals surface area contributed by atoms with E-state index in [-0.39, 0.29) is 108 Å². The lowest BCUT2D eigenvalue weighted by Crippen LogP contribution is -2.37. The molecule has 438 valence electrons. The molecule has 4 rings (SSSR count). The van der Waals surface area contributed by atoms with Crippen LogP contribution >= 0.6 is 0 Å². The van der Waals surface area contributed by atoms with Gasteiger partial charge < -0.3 is 60.7 Å². The predicted octanol–water partition coefficient (Wildman–Crippen LogP) is 6.18. The molecule has 0 spiro atoms. The molecule has 20 nitrogen and oxygen atoms in total. The first-order chi connectivity index (χ1) is 37.8. The van der Waals surface area contributed by atoms with Gasteiger partial charge in [0.05, 0.1) is 35.8 Å². The van der Waals surface area contributed by atoms with Gasteiger partial charge in [-0.3, -0.25) is 28.8 Å². The summed E-state index contributed by atoms with van der Waals surface area (Å²) in [4.78, 5) is 108. The normalized spacial score (nSPS) is 33.0. The van der Waals surface area contributed by atoms with Crippen molar-refractivity contribution >= 4 is 47.1 Å². The minimum absolute atomic E-state index is 0.0682. The number of unbranched alkanes of at least 4 members (excludes halogenated alkanes) is 1. The molecule has 2 aliphatic carbocycles. The summed E-state index contributed by atoms with van der Waals surface area (Å²) >= 11 is 0. The third-order valence-electron chi connectivity index (χ3n) is 14.9. The number of aliphatic hydroxyl groups excluding tert-OH is 2. The van der Waals surface area contributed by atoms with E-state index in [0.717, 1.165) is 12.2 Å². The van der Waals surface area contributed by atoms with Crippen molar-refractivity contribution in [2.45, 2.75) is 156 Å². The Kier molecular flexibility index (Phi) is 25.3. The van der Waals surface area contributed by atoms with Crippen LogP contribution < -0.4 is 22.1 Å². The molecule has 2 heterocycles. The molecule has 20 heteroatoms. The van der Waals surface area contributed by atoms with E-state index in [1.165, 1.54) is 66.6 Å². The minimum Gasteiger partial charge on any atom is -0.439 e. The van der Waals surface area contributed by atoms with E-state index in [2.05, 4.69) is 10.6 Å². The number of hydrogen-bond donors (Lipinski definition) is 6. The third-order valence-corrected chi connectivity index (χ3v) is 14.9. The monoisotopic (exact) mass is 1110 g/mol. The number of primary amides is 2. The number of carbonyl (C=O) groups excluding carboxylic acids is 8. The molecule has 0 radical (unpaired) electrons. The van der Waals surface area contributed by atoms with Crippen LogP contribution in [0.1, 0.15) is 107 Å². The van der Waals surface area contributed by atoms with Gasteiger partial charge in [-0.25, -0.2) is 9.59 Å². The van der Waals surface area contributed by atoms with Gasteiger partial charge in [0.2, 0.25) is 11.6 Å². The van der Waals surface area contributed by atoms with Crippen molar-refractivity contribution in [2.24, 2.45) is 35.1 Å². The van der Waals surface area contributed by atoms with Crippen LogP contribution in [-0.4, -0.2) is 135 Å². The zero-order chi connectivity index (χ0) is 59.7. The van der Waals surface area contributed by atoms with Gasteiger partial charge in [-0.15, -0.1) is 0 Å². The van der Waals surface area contributed by atoms with Gasteiger partial charge >= 0.3 is 12.2 Å². The predicted molar refractivity (Wildman–Crippen MR) is 298 cm³/mol. The molecule has 80 heavy (non-hydrogen) atoms. The van der Waals surface area contributed by atoms with Gasteiger partial charge in [0.1, 0.15) is 12.2 Å². The maximum atomic E-state index is 14.5. The standard InChI is InChI=1S/C60H82N4O16/c1-31-23-41-39(45(65)29-43(53(41)69)63-57(71)33(3)17-15-21-47(75-9)55(79-59(61)73)37(7)27-35(5)51(67)49(25-31)77-11)19-13-14-20-40-42-24-32(2)26-50(78-12)52(68)36(6)28-38(8)56(80-60(62)74)48(76-10)22-16-18-34(4)58(72)64-44(54(42)70)30-46(40)66/h15-18,21-22,27-32,35-36,47-52,55-56,67-68H,13-14,19-20,23-26H2,1-12H3,(H2,61,73)(H2,62,74)(H,63,71)(H,64,72)/b21-15-,22-16-,33-17+,34-18+,37-27+,38-28+/t31-,32-,35+,36+,47+,48?,49+,50+,51-,52-,55?,56+/m1/s1. The molecule has 0 aromatic carbocycles. The van der Waals surface area contributed by atoms with Gasteiger partial charge in [0.25, 0.3) is 11.8 Å². The maximum absolute atomic E-state index is 14.5. The summed E-state index contributed by atoms with van der Waals surface area (Å²) in [6.07, 6.45) is 6.62. The Labute approximate surface area is 469 Å². The lowest BCUT2D eigenvalue weighted by atomic mass is 9.81. The van der Waals surface area contributed by atoms with Crippen LogP contribution in [0.4, 0.5) is 9.59 Å². The number of amides is 4. The molecule has 0 saturated heterocycles. The molecular weight excluding hydrogens is 1030 g/mol. The highest BCUT2D eigenvalue weighted by Gasteiger charge is 2.36. The van der Waals surface area contributed by atoms with Gasteiger partial charge in [-0.05, 0) is 102 Å². The first-order valence-corrected chi connectivity index (χ1v) is 26.9. The van der Waals surface area contributed by atoms with Crippen molar-refractivity contribution < 1.29 is 77.0 Å². The van der Waals surface area contributed by atoms with Crippen molar-refractivity contribution in [1.29, 1.82) is 0 Å². The van der Waals surface area contributed by atoms with Crippen molar-refractivity contribution in [3.8, 4) is 0 Å². The topological polar surface area (TPSA) is 308 Å². The first kappa shape index (κ1) is 65.8. The number of methoxy groups -OCH3 is 4. The number of nitrogens with two attached hydrogens (primary N) is 2. The summed E-state index contributed by atoms with van der Waals surface area (Å²) in [5.74, 6) is -5.25. The number of fused-ring (bicyclic) bond motifs is 4. The van der Waals surface area contributed by atoms with Crippen LogP contribution in [-0.2, 0) is 57.2 Å². The molecule has 2 unspecified atom stereocenters. The summed E-state index contributed by atoms with van der Waals surface area (Å²) in [6.45, 7) is 13.7. The zero-order valence-corrected chi connectivity index (χ0v) is 48.1. The molecule has 4 amide bonds. The SMILES string of the molecule is COC1/C=C\C=C(/C)C(=O)NC2=CC(=O)C(CCCCC3=C4C[C@@H](C)C[C@H](OC)[C@H](O)[C@@H](C)/C=C(\C)C(OC(N)=O)[C@@H](OC)/C=C\C=C(/C)C(=O)NC(=CC3=O)C4=O)=C(C[C@@H](C)C[C@H](OC)[C@H](O)[C@@H](C)/C=C(\C)[C@@H]1OC(N)=O)C2=O. The van der Waals surface area contributed by atoms with E-state index in [9.17, 15) is 48.6 Å². The van der Waals surface area contributed by atoms with Gasteiger partial charge in [-0.2, -0.15) is 0 Å². The Balaban J connectivity index is 1.70. The highest BCUT2D eigenvalue weighted by atomic mass is 16.6. The molecule has 0 aromatic rings. The van der Waals surface area contributed by atoms with Crippen LogP contribution in [0.15, 0.2) is 117 Å². The van der Waals surface area contributed by atoms with Gasteiger partial charge in [0, 0.05) is 85.9 Å². The van der Waals surface area contributed by atoms with Crippen molar-refractivity contribution in [3.05, 3.63) is 117 Å². The molecule has 0 saturated carbocycles. The van der Waals surface area contributed by atoms with Crippen LogP contribution in [0, 0.1) is 23.7 Å². The fourth-order valence-corrected chi connectivity index (χ4v) is 10.4. The van der Waals surface area contributed by atoms with E-state index < -0.39 is 108 Å². The second-order valence-electron chi connectivity index (χ2n) is 21.3. The van der Waals surface area contributed by atoms with E-state index in [0.29, 0.717) is 11.1 Å². The highest BCUT2D eigenvalue weighted by molar-refractivity contribution is 6.24. The van der Waals surface area contributed by atoms with Gasteiger partial charge in [-0.1, -0.05) is 76.3 Å². The zero-order valence-electron chi connectivity index (χ0n) is 48.1. The van der Waals surface area contributed by atoms with E-state index in [1.807, 2.05) is 13.8 Å². The molecule has 8 N–H and O–H groups in total. The van der Waals surface area contributed by atoms with Crippen LogP contribution in [0.3, 0.4) is 0 Å². The number of carbonyl (C=O) groups is 8. The lowest BCUT2D eigenvalue weighted by molar-refractivity contribution is -0.120.